The minimum absolute atomic E-state index is 0.0420. The molecular weight excluding hydrogens is 248 g/mol. The first kappa shape index (κ1) is 13.8. The summed E-state index contributed by atoms with van der Waals surface area (Å²) in [6, 6.07) is 1.28. The van der Waals surface area contributed by atoms with E-state index in [2.05, 4.69) is 4.98 Å². The predicted molar refractivity (Wildman–Crippen MR) is 48.3 cm³/mol. The lowest BCUT2D eigenvalue weighted by Crippen LogP contribution is -2.16. The van der Waals surface area contributed by atoms with Crippen molar-refractivity contribution in [2.75, 3.05) is 0 Å². The topological polar surface area (TPSA) is 12.9 Å². The van der Waals surface area contributed by atoms with Crippen LogP contribution in [0.3, 0.4) is 0 Å². The molecule has 0 atom stereocenters. The number of hydrogen-bond acceptors (Lipinski definition) is 1. The van der Waals surface area contributed by atoms with Crippen LogP contribution in [0.15, 0.2) is 12.1 Å². The first-order valence-corrected chi connectivity index (χ1v) is 4.68. The lowest BCUT2D eigenvalue weighted by molar-refractivity contribution is -0.150. The van der Waals surface area contributed by atoms with Crippen molar-refractivity contribution in [1.82, 2.24) is 4.98 Å². The lowest BCUT2D eigenvalue weighted by atomic mass is 10.0. The second-order valence-corrected chi connectivity index (χ2v) is 3.82. The van der Waals surface area contributed by atoms with E-state index in [0.717, 1.165) is 0 Å². The molecular formula is C10H9F6N. The maximum Gasteiger partial charge on any atom is 0.433 e. The second kappa shape index (κ2) is 4.19. The van der Waals surface area contributed by atoms with E-state index >= 15 is 0 Å². The molecule has 1 rings (SSSR count). The number of rotatable bonds is 1. The molecule has 0 aliphatic rings. The maximum absolute atomic E-state index is 12.4. The normalized spacial score (nSPS) is 13.2. The van der Waals surface area contributed by atoms with Crippen LogP contribution in [0.2, 0.25) is 0 Å². The molecule has 0 amide bonds. The van der Waals surface area contributed by atoms with Gasteiger partial charge in [-0.15, -0.1) is 0 Å². The van der Waals surface area contributed by atoms with E-state index in [1.807, 2.05) is 0 Å². The molecule has 1 heterocycles. The summed E-state index contributed by atoms with van der Waals surface area (Å²) in [5.41, 5.74) is -3.08. The van der Waals surface area contributed by atoms with Gasteiger partial charge in [-0.2, -0.15) is 26.3 Å². The molecule has 0 saturated carbocycles. The molecule has 0 aliphatic heterocycles. The Balaban J connectivity index is 3.40. The quantitative estimate of drug-likeness (QED) is 0.685. The summed E-state index contributed by atoms with van der Waals surface area (Å²) in [7, 11) is 0. The first-order valence-electron chi connectivity index (χ1n) is 4.68. The zero-order chi connectivity index (χ0) is 13.4. The fourth-order valence-corrected chi connectivity index (χ4v) is 1.18. The van der Waals surface area contributed by atoms with Crippen molar-refractivity contribution in [3.8, 4) is 0 Å². The standard InChI is InChI=1S/C10H9F6N/c1-5(2)6-3-7(9(11,12)13)17-8(4-6)10(14,15)16/h3-5H,1-2H3. The van der Waals surface area contributed by atoms with E-state index < -0.39 is 29.7 Å². The largest absolute Gasteiger partial charge is 0.433 e. The highest BCUT2D eigenvalue weighted by Crippen LogP contribution is 2.35. The van der Waals surface area contributed by atoms with Gasteiger partial charge in [-0.05, 0) is 23.6 Å². The second-order valence-electron chi connectivity index (χ2n) is 3.82. The average molecular weight is 257 g/mol. The van der Waals surface area contributed by atoms with Crippen LogP contribution in [-0.2, 0) is 12.4 Å². The molecule has 1 aromatic heterocycles. The van der Waals surface area contributed by atoms with Crippen LogP contribution in [0.5, 0.6) is 0 Å². The molecule has 0 fully saturated rings. The highest BCUT2D eigenvalue weighted by molar-refractivity contribution is 5.27. The smallest absolute Gasteiger partial charge is 0.239 e. The Bertz CT molecular complexity index is 372. The Morgan fingerprint density at radius 2 is 1.24 bits per heavy atom. The van der Waals surface area contributed by atoms with Crippen LogP contribution < -0.4 is 0 Å². The molecule has 0 radical (unpaired) electrons. The third kappa shape index (κ3) is 3.34. The van der Waals surface area contributed by atoms with Crippen LogP contribution >= 0.6 is 0 Å². The molecule has 0 N–H and O–H groups in total. The van der Waals surface area contributed by atoms with Gasteiger partial charge in [0.25, 0.3) is 0 Å². The summed E-state index contributed by atoms with van der Waals surface area (Å²) in [4.78, 5) is 2.61. The first-order chi connectivity index (χ1) is 7.51. The molecule has 0 unspecified atom stereocenters. The number of hydrogen-bond donors (Lipinski definition) is 0. The molecule has 1 aromatic rings. The Hall–Kier alpha value is -1.27. The van der Waals surface area contributed by atoms with Crippen molar-refractivity contribution in [3.05, 3.63) is 29.1 Å². The van der Waals surface area contributed by atoms with Gasteiger partial charge in [0.15, 0.2) is 0 Å². The Labute approximate surface area is 93.5 Å². The third-order valence-electron chi connectivity index (χ3n) is 2.10. The Morgan fingerprint density at radius 3 is 1.47 bits per heavy atom. The van der Waals surface area contributed by atoms with Crippen LogP contribution in [0.4, 0.5) is 26.3 Å². The number of pyridine rings is 1. The molecule has 7 heteroatoms. The summed E-state index contributed by atoms with van der Waals surface area (Å²) in [5.74, 6) is -0.444. The highest BCUT2D eigenvalue weighted by atomic mass is 19.4. The zero-order valence-corrected chi connectivity index (χ0v) is 8.95. The summed E-state index contributed by atoms with van der Waals surface area (Å²) < 4.78 is 74.2. The average Bonchev–Trinajstić information content (AvgIpc) is 2.14. The lowest BCUT2D eigenvalue weighted by Gasteiger charge is -2.14. The number of aromatic nitrogens is 1. The van der Waals surface area contributed by atoms with Gasteiger partial charge >= 0.3 is 12.4 Å². The van der Waals surface area contributed by atoms with E-state index in [1.165, 1.54) is 13.8 Å². The van der Waals surface area contributed by atoms with Gasteiger partial charge in [-0.25, -0.2) is 4.98 Å². The van der Waals surface area contributed by atoms with Crippen molar-refractivity contribution in [2.45, 2.75) is 32.1 Å². The predicted octanol–water partition coefficient (Wildman–Crippen LogP) is 4.24. The van der Waals surface area contributed by atoms with E-state index in [0.29, 0.717) is 12.1 Å². The fourth-order valence-electron chi connectivity index (χ4n) is 1.18. The van der Waals surface area contributed by atoms with Gasteiger partial charge in [0, 0.05) is 0 Å². The van der Waals surface area contributed by atoms with E-state index in [4.69, 9.17) is 0 Å². The zero-order valence-electron chi connectivity index (χ0n) is 8.95. The highest BCUT2D eigenvalue weighted by Gasteiger charge is 2.38. The molecule has 0 bridgehead atoms. The van der Waals surface area contributed by atoms with E-state index in [9.17, 15) is 26.3 Å². The van der Waals surface area contributed by atoms with E-state index in [-0.39, 0.29) is 5.56 Å². The minimum atomic E-state index is -4.88. The van der Waals surface area contributed by atoms with Crippen LogP contribution in [0, 0.1) is 0 Å². The SMILES string of the molecule is CC(C)c1cc(C(F)(F)F)nc(C(F)(F)F)c1. The minimum Gasteiger partial charge on any atom is -0.239 e. The number of alkyl halides is 6. The van der Waals surface area contributed by atoms with Gasteiger partial charge in [0.1, 0.15) is 11.4 Å². The van der Waals surface area contributed by atoms with E-state index in [1.54, 1.807) is 0 Å². The molecule has 0 aromatic carbocycles. The van der Waals surface area contributed by atoms with Crippen molar-refractivity contribution in [3.63, 3.8) is 0 Å². The van der Waals surface area contributed by atoms with Gasteiger partial charge in [-0.1, -0.05) is 13.8 Å². The maximum atomic E-state index is 12.4. The van der Waals surface area contributed by atoms with Crippen molar-refractivity contribution in [2.24, 2.45) is 0 Å². The van der Waals surface area contributed by atoms with Gasteiger partial charge in [0.05, 0.1) is 0 Å². The van der Waals surface area contributed by atoms with Crippen molar-refractivity contribution in [1.29, 1.82) is 0 Å². The summed E-state index contributed by atoms with van der Waals surface area (Å²) in [5, 5.41) is 0. The summed E-state index contributed by atoms with van der Waals surface area (Å²) in [6.45, 7) is 3.02. The number of halogens is 6. The molecule has 1 nitrogen and oxygen atoms in total. The molecule has 96 valence electrons. The van der Waals surface area contributed by atoms with Gasteiger partial charge in [0.2, 0.25) is 0 Å². The number of nitrogens with zero attached hydrogens (tertiary/aromatic N) is 1. The Kier molecular flexibility index (Phi) is 3.40. The molecule has 0 saturated heterocycles. The van der Waals surface area contributed by atoms with Crippen LogP contribution in [-0.4, -0.2) is 4.98 Å². The van der Waals surface area contributed by atoms with Crippen LogP contribution in [0.1, 0.15) is 36.7 Å². The van der Waals surface area contributed by atoms with Crippen molar-refractivity contribution >= 4 is 0 Å². The summed E-state index contributed by atoms with van der Waals surface area (Å²) >= 11 is 0. The third-order valence-corrected chi connectivity index (χ3v) is 2.10. The van der Waals surface area contributed by atoms with Crippen LogP contribution in [0.25, 0.3) is 0 Å². The van der Waals surface area contributed by atoms with Gasteiger partial charge < -0.3 is 0 Å². The summed E-state index contributed by atoms with van der Waals surface area (Å²) in [6.07, 6.45) is -9.77. The molecule has 0 aliphatic carbocycles. The van der Waals surface area contributed by atoms with Crippen molar-refractivity contribution < 1.29 is 26.3 Å². The monoisotopic (exact) mass is 257 g/mol. The molecule has 0 spiro atoms. The van der Waals surface area contributed by atoms with Gasteiger partial charge in [-0.3, -0.25) is 0 Å². The fraction of sp³-hybridized carbons (Fsp3) is 0.500. The Morgan fingerprint density at radius 1 is 0.882 bits per heavy atom. The molecule has 17 heavy (non-hydrogen) atoms.